The fourth-order valence-electron chi connectivity index (χ4n) is 1.43. The first-order chi connectivity index (χ1) is 5.04. The number of hydrogen-bond acceptors (Lipinski definition) is 2. The minimum absolute atomic E-state index is 0.00810. The molecule has 0 saturated carbocycles. The Balaban J connectivity index is 2.67. The van der Waals surface area contributed by atoms with Crippen molar-refractivity contribution in [2.75, 3.05) is 19.8 Å². The van der Waals surface area contributed by atoms with E-state index in [9.17, 15) is 4.79 Å². The molecular weight excluding hydrogens is 160 g/mol. The van der Waals surface area contributed by atoms with Gasteiger partial charge in [-0.3, -0.25) is 8.68 Å². The lowest BCUT2D eigenvalue weighted by atomic mass is 10.1. The molecule has 4 heteroatoms. The first kappa shape index (κ1) is 8.87. The molecule has 1 fully saturated rings. The average Bonchev–Trinajstić information content (AvgIpc) is 1.85. The van der Waals surface area contributed by atoms with Crippen molar-refractivity contribution in [3.8, 4) is 0 Å². The Bertz CT molecular complexity index is 170. The van der Waals surface area contributed by atoms with Crippen LogP contribution in [0.5, 0.6) is 0 Å². The van der Waals surface area contributed by atoms with E-state index in [1.807, 2.05) is 14.1 Å². The Morgan fingerprint density at radius 3 is 2.64 bits per heavy atom. The fraction of sp³-hybridized carbons (Fsp3) is 0.857. The van der Waals surface area contributed by atoms with Crippen molar-refractivity contribution in [2.45, 2.75) is 18.9 Å². The van der Waals surface area contributed by atoms with Crippen LogP contribution in [0.2, 0.25) is 0 Å². The second kappa shape index (κ2) is 3.03. The van der Waals surface area contributed by atoms with Gasteiger partial charge in [0.25, 0.3) is 5.91 Å². The normalized spacial score (nSPS) is 29.8. The number of rotatable bonds is 1. The van der Waals surface area contributed by atoms with Gasteiger partial charge in [-0.25, -0.2) is 0 Å². The van der Waals surface area contributed by atoms with Crippen molar-refractivity contribution in [1.29, 1.82) is 0 Å². The molecule has 0 aromatic rings. The molecule has 1 aliphatic heterocycles. The van der Waals surface area contributed by atoms with Crippen LogP contribution in [-0.4, -0.2) is 35.7 Å². The SMILES string of the molecule is C[N+]1(C)SCCCC1C(N)=O. The third-order valence-corrected chi connectivity index (χ3v) is 3.52. The molecule has 3 nitrogen and oxygen atoms in total. The van der Waals surface area contributed by atoms with E-state index < -0.39 is 0 Å². The Kier molecular flexibility index (Phi) is 2.44. The number of nitrogens with zero attached hydrogens (tertiary/aromatic N) is 1. The summed E-state index contributed by atoms with van der Waals surface area (Å²) in [4.78, 5) is 11.0. The number of primary amides is 1. The van der Waals surface area contributed by atoms with Crippen LogP contribution in [0.15, 0.2) is 0 Å². The molecule has 0 aliphatic carbocycles. The number of hydrogen-bond donors (Lipinski definition) is 1. The minimum Gasteiger partial charge on any atom is -0.364 e. The van der Waals surface area contributed by atoms with Gasteiger partial charge in [0.1, 0.15) is 0 Å². The molecule has 2 N–H and O–H groups in total. The van der Waals surface area contributed by atoms with Crippen molar-refractivity contribution in [3.05, 3.63) is 0 Å². The quantitative estimate of drug-likeness (QED) is 0.462. The summed E-state index contributed by atoms with van der Waals surface area (Å²) in [6.45, 7) is 0. The van der Waals surface area contributed by atoms with Crippen LogP contribution in [0.4, 0.5) is 0 Å². The molecule has 1 heterocycles. The van der Waals surface area contributed by atoms with Gasteiger partial charge in [-0.05, 0) is 6.42 Å². The Morgan fingerprint density at radius 2 is 2.27 bits per heavy atom. The molecule has 1 rings (SSSR count). The van der Waals surface area contributed by atoms with Gasteiger partial charge in [-0.1, -0.05) is 0 Å². The monoisotopic (exact) mass is 175 g/mol. The van der Waals surface area contributed by atoms with Crippen LogP contribution in [0.25, 0.3) is 0 Å². The van der Waals surface area contributed by atoms with Crippen molar-refractivity contribution >= 4 is 17.9 Å². The highest BCUT2D eigenvalue weighted by atomic mass is 32.2. The first-order valence-electron chi connectivity index (χ1n) is 3.81. The van der Waals surface area contributed by atoms with Crippen LogP contribution in [0.1, 0.15) is 12.8 Å². The predicted molar refractivity (Wildman–Crippen MR) is 46.8 cm³/mol. The average molecular weight is 175 g/mol. The predicted octanol–water partition coefficient (Wildman–Crippen LogP) is 0.359. The molecule has 1 aliphatic rings. The van der Waals surface area contributed by atoms with E-state index in [-0.39, 0.29) is 11.9 Å². The third kappa shape index (κ3) is 1.87. The summed E-state index contributed by atoms with van der Waals surface area (Å²) in [5.41, 5.74) is 5.27. The van der Waals surface area contributed by atoms with E-state index in [2.05, 4.69) is 0 Å². The second-order valence-electron chi connectivity index (χ2n) is 3.33. The van der Waals surface area contributed by atoms with Gasteiger partial charge in [0.05, 0.1) is 26.0 Å². The lowest BCUT2D eigenvalue weighted by Gasteiger charge is -2.36. The number of quaternary nitrogens is 1. The van der Waals surface area contributed by atoms with Gasteiger partial charge < -0.3 is 5.73 Å². The van der Waals surface area contributed by atoms with E-state index in [0.717, 1.165) is 18.6 Å². The molecule has 1 atom stereocenters. The van der Waals surface area contributed by atoms with Crippen molar-refractivity contribution in [1.82, 2.24) is 0 Å². The summed E-state index contributed by atoms with van der Waals surface area (Å²) in [5.74, 6) is 0.971. The zero-order valence-corrected chi connectivity index (χ0v) is 7.86. The summed E-state index contributed by atoms with van der Waals surface area (Å²) >= 11 is 1.79. The molecule has 1 saturated heterocycles. The summed E-state index contributed by atoms with van der Waals surface area (Å²) in [6.07, 6.45) is 2.05. The maximum atomic E-state index is 11.0. The van der Waals surface area contributed by atoms with Gasteiger partial charge in [-0.2, -0.15) is 0 Å². The van der Waals surface area contributed by atoms with Crippen LogP contribution in [0.3, 0.4) is 0 Å². The van der Waals surface area contributed by atoms with Gasteiger partial charge in [0.2, 0.25) is 0 Å². The highest BCUT2D eigenvalue weighted by Gasteiger charge is 2.37. The summed E-state index contributed by atoms with van der Waals surface area (Å²) in [5, 5.41) is 0. The third-order valence-electron chi connectivity index (χ3n) is 2.12. The maximum absolute atomic E-state index is 11.0. The van der Waals surface area contributed by atoms with Crippen LogP contribution in [0, 0.1) is 0 Å². The Morgan fingerprint density at radius 1 is 1.64 bits per heavy atom. The summed E-state index contributed by atoms with van der Waals surface area (Å²) < 4.78 is 0.690. The van der Waals surface area contributed by atoms with Gasteiger partial charge in [0.15, 0.2) is 6.04 Å². The van der Waals surface area contributed by atoms with Crippen molar-refractivity contribution in [3.63, 3.8) is 0 Å². The zero-order chi connectivity index (χ0) is 8.48. The van der Waals surface area contributed by atoms with Crippen LogP contribution in [-0.2, 0) is 4.79 Å². The highest BCUT2D eigenvalue weighted by molar-refractivity contribution is 7.93. The number of carbonyl (C=O) groups is 1. The van der Waals surface area contributed by atoms with E-state index >= 15 is 0 Å². The molecular formula is C7H15N2OS+. The van der Waals surface area contributed by atoms with Crippen molar-refractivity contribution in [2.24, 2.45) is 5.73 Å². The summed E-state index contributed by atoms with van der Waals surface area (Å²) in [7, 11) is 4.08. The van der Waals surface area contributed by atoms with Crippen molar-refractivity contribution < 1.29 is 8.68 Å². The molecule has 1 unspecified atom stereocenters. The Hall–Kier alpha value is -0.220. The van der Waals surface area contributed by atoms with Gasteiger partial charge >= 0.3 is 0 Å². The lowest BCUT2D eigenvalue weighted by molar-refractivity contribution is -0.772. The standard InChI is InChI=1S/C7H14N2OS/c1-9(2)6(7(8)10)4-3-5-11-9/h6H,3-5H2,1-2H3,(H-,8,10)/p+1. The Labute approximate surface area is 71.7 Å². The molecule has 0 aromatic carbocycles. The fourth-order valence-corrected chi connectivity index (χ4v) is 2.58. The highest BCUT2D eigenvalue weighted by Crippen LogP contribution is 2.30. The zero-order valence-electron chi connectivity index (χ0n) is 7.04. The summed E-state index contributed by atoms with van der Waals surface area (Å²) in [6, 6.07) is 0.00810. The first-order valence-corrected chi connectivity index (χ1v) is 4.76. The number of amides is 1. The second-order valence-corrected chi connectivity index (χ2v) is 4.94. The molecule has 0 radical (unpaired) electrons. The van der Waals surface area contributed by atoms with Gasteiger partial charge in [-0.15, -0.1) is 0 Å². The molecule has 11 heavy (non-hydrogen) atoms. The van der Waals surface area contributed by atoms with Crippen LogP contribution >= 0.6 is 11.9 Å². The van der Waals surface area contributed by atoms with Crippen LogP contribution < -0.4 is 5.73 Å². The van der Waals surface area contributed by atoms with E-state index in [1.165, 1.54) is 0 Å². The van der Waals surface area contributed by atoms with Gasteiger partial charge in [0, 0.05) is 12.2 Å². The van der Waals surface area contributed by atoms with E-state index in [1.54, 1.807) is 11.9 Å². The largest absolute Gasteiger partial charge is 0.364 e. The maximum Gasteiger partial charge on any atom is 0.276 e. The number of carbonyl (C=O) groups excluding carboxylic acids is 1. The molecule has 0 aromatic heterocycles. The topological polar surface area (TPSA) is 43.1 Å². The molecule has 64 valence electrons. The van der Waals surface area contributed by atoms with E-state index in [4.69, 9.17) is 5.73 Å². The number of likely N-dealkylation sites (N-methyl/N-ethyl adjacent to an activating group) is 1. The molecule has 0 bridgehead atoms. The molecule has 0 spiro atoms. The number of nitrogens with two attached hydrogens (primary N) is 1. The molecule has 1 amide bonds. The minimum atomic E-state index is -0.165. The van der Waals surface area contributed by atoms with E-state index in [0.29, 0.717) is 3.89 Å². The smallest absolute Gasteiger partial charge is 0.276 e. The lowest BCUT2D eigenvalue weighted by Crippen LogP contribution is -2.52.